The molecule has 4 heterocycles. The molecule has 1 aliphatic heterocycles. The quantitative estimate of drug-likeness (QED) is 0.204. The van der Waals surface area contributed by atoms with Crippen molar-refractivity contribution in [2.75, 3.05) is 0 Å². The second-order valence-electron chi connectivity index (χ2n) is 11.8. The van der Waals surface area contributed by atoms with Crippen molar-refractivity contribution in [2.45, 2.75) is 13.2 Å². The fourth-order valence-corrected chi connectivity index (χ4v) is 6.73. The highest BCUT2D eigenvalue weighted by Gasteiger charge is 2.19. The third kappa shape index (κ3) is 4.59. The van der Waals surface area contributed by atoms with Gasteiger partial charge in [0.25, 0.3) is 0 Å². The summed E-state index contributed by atoms with van der Waals surface area (Å²) in [6, 6.07) is 43.0. The van der Waals surface area contributed by atoms with Crippen molar-refractivity contribution in [2.24, 2.45) is 0 Å². The van der Waals surface area contributed by atoms with E-state index in [0.29, 0.717) is 13.2 Å². The van der Waals surface area contributed by atoms with Crippen LogP contribution >= 0.6 is 0 Å². The molecule has 5 aromatic carbocycles. The van der Waals surface area contributed by atoms with Crippen molar-refractivity contribution in [3.63, 3.8) is 0 Å². The second kappa shape index (κ2) is 11.0. The number of fused-ring (bicyclic) bond motifs is 6. The topological polar surface area (TPSA) is 48.2 Å². The van der Waals surface area contributed by atoms with Crippen LogP contribution in [0.3, 0.4) is 0 Å². The van der Waals surface area contributed by atoms with Gasteiger partial charge in [0.1, 0.15) is 11.2 Å². The van der Waals surface area contributed by atoms with Crippen LogP contribution in [0.1, 0.15) is 11.1 Å². The molecule has 46 heavy (non-hydrogen) atoms. The zero-order valence-electron chi connectivity index (χ0n) is 25.0. The number of hydrogen-bond donors (Lipinski definition) is 0. The average molecular weight is 593 g/mol. The highest BCUT2D eigenvalue weighted by Crippen LogP contribution is 2.41. The van der Waals surface area contributed by atoms with Gasteiger partial charge in [-0.2, -0.15) is 0 Å². The molecule has 0 saturated carbocycles. The molecular weight excluding hydrogens is 564 g/mol. The number of nitrogens with zero attached hydrogens (tertiary/aromatic N) is 2. The van der Waals surface area contributed by atoms with Crippen LogP contribution in [0, 0.1) is 0 Å². The number of pyridine rings is 2. The van der Waals surface area contributed by atoms with Gasteiger partial charge in [-0.3, -0.25) is 9.97 Å². The lowest BCUT2D eigenvalue weighted by Gasteiger charge is -2.15. The second-order valence-corrected chi connectivity index (χ2v) is 11.8. The molecule has 0 amide bonds. The van der Waals surface area contributed by atoms with E-state index < -0.39 is 0 Å². The number of rotatable bonds is 4. The van der Waals surface area contributed by atoms with E-state index in [1.807, 2.05) is 49.1 Å². The van der Waals surface area contributed by atoms with Crippen LogP contribution in [0.5, 0.6) is 0 Å². The Bertz CT molecular complexity index is 2340. The minimum atomic E-state index is 0.568. The van der Waals surface area contributed by atoms with E-state index in [0.717, 1.165) is 60.9 Å². The number of hydrogen-bond acceptors (Lipinski definition) is 4. The number of para-hydroxylation sites is 1. The van der Waals surface area contributed by atoms with Gasteiger partial charge in [-0.25, -0.2) is 0 Å². The zero-order valence-corrected chi connectivity index (χ0v) is 25.0. The van der Waals surface area contributed by atoms with E-state index in [2.05, 4.69) is 107 Å². The largest absolute Gasteiger partial charge is 0.456 e. The molecule has 0 saturated heterocycles. The molecule has 3 aromatic heterocycles. The molecule has 4 heteroatoms. The molecule has 0 atom stereocenters. The van der Waals surface area contributed by atoms with Gasteiger partial charge < -0.3 is 9.15 Å². The molecule has 0 N–H and O–H groups in total. The molecule has 8 aromatic rings. The average Bonchev–Trinajstić information content (AvgIpc) is 3.41. The van der Waals surface area contributed by atoms with Crippen LogP contribution in [0.25, 0.3) is 77.6 Å². The van der Waals surface area contributed by atoms with E-state index in [9.17, 15) is 0 Å². The first-order chi connectivity index (χ1) is 22.8. The summed E-state index contributed by atoms with van der Waals surface area (Å²) in [5.41, 5.74) is 15.6. The summed E-state index contributed by atoms with van der Waals surface area (Å²) in [5.74, 6) is 0. The summed E-state index contributed by atoms with van der Waals surface area (Å²) < 4.78 is 12.4. The van der Waals surface area contributed by atoms with Crippen molar-refractivity contribution in [3.8, 4) is 55.6 Å². The predicted molar refractivity (Wildman–Crippen MR) is 185 cm³/mol. The van der Waals surface area contributed by atoms with Crippen LogP contribution in [-0.2, 0) is 18.0 Å². The van der Waals surface area contributed by atoms with E-state index in [1.54, 1.807) is 0 Å². The Morgan fingerprint density at radius 2 is 1.04 bits per heavy atom. The smallest absolute Gasteiger partial charge is 0.136 e. The maximum atomic E-state index is 6.22. The van der Waals surface area contributed by atoms with Gasteiger partial charge in [-0.05, 0) is 110 Å². The predicted octanol–water partition coefficient (Wildman–Crippen LogP) is 10.7. The number of aromatic nitrogens is 2. The molecule has 0 aliphatic carbocycles. The first-order valence-corrected chi connectivity index (χ1v) is 15.5. The van der Waals surface area contributed by atoms with Crippen LogP contribution in [0.15, 0.2) is 151 Å². The normalized spacial score (nSPS) is 12.5. The maximum Gasteiger partial charge on any atom is 0.136 e. The first kappa shape index (κ1) is 26.6. The molecule has 9 rings (SSSR count). The molecule has 0 unspecified atom stereocenters. The van der Waals surface area contributed by atoms with Gasteiger partial charge in [0.15, 0.2) is 0 Å². The van der Waals surface area contributed by atoms with Crippen LogP contribution in [0.4, 0.5) is 0 Å². The lowest BCUT2D eigenvalue weighted by atomic mass is 9.88. The maximum absolute atomic E-state index is 6.22. The Balaban J connectivity index is 1.21. The van der Waals surface area contributed by atoms with Gasteiger partial charge in [-0.1, -0.05) is 66.7 Å². The van der Waals surface area contributed by atoms with Crippen molar-refractivity contribution < 1.29 is 9.15 Å². The van der Waals surface area contributed by atoms with Crippen LogP contribution < -0.4 is 0 Å². The molecule has 0 spiro atoms. The molecular formula is C42H28N2O2. The zero-order chi connectivity index (χ0) is 30.5. The van der Waals surface area contributed by atoms with Crippen molar-refractivity contribution >= 4 is 21.9 Å². The summed E-state index contributed by atoms with van der Waals surface area (Å²) >= 11 is 0. The summed E-state index contributed by atoms with van der Waals surface area (Å²) in [6.45, 7) is 1.14. The summed E-state index contributed by atoms with van der Waals surface area (Å²) in [4.78, 5) is 8.78. The highest BCUT2D eigenvalue weighted by atomic mass is 16.5. The molecule has 1 aliphatic rings. The third-order valence-corrected chi connectivity index (χ3v) is 8.99. The van der Waals surface area contributed by atoms with E-state index in [1.165, 1.54) is 27.8 Å². The van der Waals surface area contributed by atoms with Crippen molar-refractivity contribution in [1.29, 1.82) is 0 Å². The lowest BCUT2D eigenvalue weighted by molar-refractivity contribution is 0.110. The minimum absolute atomic E-state index is 0.568. The SMILES string of the molecule is c1cncc(-c2cc(-c3cccnc3)cc(-c3ccc4c(c3)-c3cc(-c5cccc6oc7ccccc7c56)ccc3COC4)c2)c1. The fraction of sp³-hybridized carbons (Fsp3) is 0.0476. The minimum Gasteiger partial charge on any atom is -0.456 e. The van der Waals surface area contributed by atoms with Crippen molar-refractivity contribution in [1.82, 2.24) is 9.97 Å². The lowest BCUT2D eigenvalue weighted by Crippen LogP contribution is -1.92. The monoisotopic (exact) mass is 592 g/mol. The van der Waals surface area contributed by atoms with E-state index in [-0.39, 0.29) is 0 Å². The number of ether oxygens (including phenoxy) is 1. The van der Waals surface area contributed by atoms with Gasteiger partial charge in [0.2, 0.25) is 0 Å². The third-order valence-electron chi connectivity index (χ3n) is 8.99. The first-order valence-electron chi connectivity index (χ1n) is 15.5. The van der Waals surface area contributed by atoms with Gasteiger partial charge >= 0.3 is 0 Å². The van der Waals surface area contributed by atoms with E-state index >= 15 is 0 Å². The number of furan rings is 1. The molecule has 0 fully saturated rings. The van der Waals surface area contributed by atoms with Crippen LogP contribution in [-0.4, -0.2) is 9.97 Å². The summed E-state index contributed by atoms with van der Waals surface area (Å²) in [7, 11) is 0. The number of benzene rings is 5. The van der Waals surface area contributed by atoms with Crippen LogP contribution in [0.2, 0.25) is 0 Å². The molecule has 0 radical (unpaired) electrons. The van der Waals surface area contributed by atoms with E-state index in [4.69, 9.17) is 9.15 Å². The fourth-order valence-electron chi connectivity index (χ4n) is 6.73. The van der Waals surface area contributed by atoms with Gasteiger partial charge in [0.05, 0.1) is 13.2 Å². The standard InChI is InChI=1S/C42H28N2O2/c1-2-10-40-37(8-1)42-36(9-3-11-41(42)46-40)28-13-15-32-26-45-25-31-14-12-27(21-38(31)39(32)22-28)33-18-34(29-6-4-16-43-23-29)20-35(19-33)30-7-5-17-44-24-30/h1-24H,25-26H2. The van der Waals surface area contributed by atoms with Crippen molar-refractivity contribution in [3.05, 3.63) is 157 Å². The Morgan fingerprint density at radius 3 is 1.72 bits per heavy atom. The molecule has 0 bridgehead atoms. The Hall–Kier alpha value is -5.84. The molecule has 218 valence electrons. The Morgan fingerprint density at radius 1 is 0.435 bits per heavy atom. The highest BCUT2D eigenvalue weighted by molar-refractivity contribution is 6.12. The van der Waals surface area contributed by atoms with Gasteiger partial charge in [0, 0.05) is 46.7 Å². The molecule has 4 nitrogen and oxygen atoms in total. The summed E-state index contributed by atoms with van der Waals surface area (Å²) in [6.07, 6.45) is 7.46. The van der Waals surface area contributed by atoms with Gasteiger partial charge in [-0.15, -0.1) is 0 Å². The summed E-state index contributed by atoms with van der Waals surface area (Å²) in [5, 5.41) is 2.28. The Labute approximate surface area is 266 Å². The Kier molecular flexibility index (Phi) is 6.32.